The fourth-order valence-electron chi connectivity index (χ4n) is 1.63. The number of aliphatic carboxylic acids is 1. The molecule has 0 aliphatic heterocycles. The highest BCUT2D eigenvalue weighted by molar-refractivity contribution is 5.94. The number of carbonyl (C=O) groups excluding carboxylic acids is 1. The number of carboxylic acids is 1. The second-order valence-corrected chi connectivity index (χ2v) is 4.72. The molecular formula is C13H17NO3. The standard InChI is InChI=1S/C13H17NO3/c1-9(15)10-5-4-6-11(7-10)14-13(2,3)8-12(16)17/h4-7,14H,8H2,1-3H3,(H,16,17). The van der Waals surface area contributed by atoms with E-state index in [1.54, 1.807) is 18.2 Å². The molecule has 17 heavy (non-hydrogen) atoms. The third-order valence-corrected chi connectivity index (χ3v) is 2.34. The number of benzene rings is 1. The van der Waals surface area contributed by atoms with Crippen LogP contribution in [-0.2, 0) is 4.79 Å². The first kappa shape index (κ1) is 13.2. The molecule has 0 amide bonds. The molecule has 0 saturated carbocycles. The third-order valence-electron chi connectivity index (χ3n) is 2.34. The monoisotopic (exact) mass is 235 g/mol. The van der Waals surface area contributed by atoms with Crippen LogP contribution in [0, 0.1) is 0 Å². The van der Waals surface area contributed by atoms with Gasteiger partial charge in [0.2, 0.25) is 0 Å². The van der Waals surface area contributed by atoms with Gasteiger partial charge in [-0.25, -0.2) is 0 Å². The Morgan fingerprint density at radius 3 is 2.53 bits per heavy atom. The van der Waals surface area contributed by atoms with E-state index in [2.05, 4.69) is 5.32 Å². The van der Waals surface area contributed by atoms with Crippen molar-refractivity contribution in [3.63, 3.8) is 0 Å². The minimum atomic E-state index is -0.856. The first-order chi connectivity index (χ1) is 7.80. The summed E-state index contributed by atoms with van der Waals surface area (Å²) < 4.78 is 0. The summed E-state index contributed by atoms with van der Waals surface area (Å²) in [5.74, 6) is -0.866. The van der Waals surface area contributed by atoms with Crippen LogP contribution in [0.1, 0.15) is 37.6 Å². The lowest BCUT2D eigenvalue weighted by atomic mass is 10.00. The topological polar surface area (TPSA) is 66.4 Å². The molecule has 0 radical (unpaired) electrons. The average Bonchev–Trinajstić information content (AvgIpc) is 2.14. The van der Waals surface area contributed by atoms with Crippen LogP contribution in [0.4, 0.5) is 5.69 Å². The molecule has 1 rings (SSSR count). The zero-order chi connectivity index (χ0) is 13.1. The Balaban J connectivity index is 2.84. The van der Waals surface area contributed by atoms with Crippen molar-refractivity contribution < 1.29 is 14.7 Å². The number of nitrogens with one attached hydrogen (secondary N) is 1. The smallest absolute Gasteiger partial charge is 0.305 e. The van der Waals surface area contributed by atoms with E-state index in [1.807, 2.05) is 19.9 Å². The molecule has 0 bridgehead atoms. The van der Waals surface area contributed by atoms with Crippen molar-refractivity contribution >= 4 is 17.4 Å². The number of hydrogen-bond donors (Lipinski definition) is 2. The maximum atomic E-state index is 11.2. The van der Waals surface area contributed by atoms with Gasteiger partial charge in [-0.2, -0.15) is 0 Å². The Morgan fingerprint density at radius 1 is 1.35 bits per heavy atom. The molecule has 0 saturated heterocycles. The van der Waals surface area contributed by atoms with Crippen LogP contribution in [0.2, 0.25) is 0 Å². The summed E-state index contributed by atoms with van der Waals surface area (Å²) in [7, 11) is 0. The quantitative estimate of drug-likeness (QED) is 0.770. The molecule has 0 aliphatic carbocycles. The van der Waals surface area contributed by atoms with E-state index in [0.29, 0.717) is 5.56 Å². The Hall–Kier alpha value is -1.84. The molecular weight excluding hydrogens is 218 g/mol. The summed E-state index contributed by atoms with van der Waals surface area (Å²) in [5.41, 5.74) is 0.811. The summed E-state index contributed by atoms with van der Waals surface area (Å²) in [6.45, 7) is 5.12. The third kappa shape index (κ3) is 4.26. The van der Waals surface area contributed by atoms with Gasteiger partial charge in [0.1, 0.15) is 0 Å². The molecule has 0 aliphatic rings. The van der Waals surface area contributed by atoms with Crippen molar-refractivity contribution in [1.29, 1.82) is 0 Å². The van der Waals surface area contributed by atoms with Gasteiger partial charge in [0.05, 0.1) is 6.42 Å². The van der Waals surface area contributed by atoms with Crippen LogP contribution in [-0.4, -0.2) is 22.4 Å². The van der Waals surface area contributed by atoms with Crippen LogP contribution in [0.5, 0.6) is 0 Å². The van der Waals surface area contributed by atoms with Crippen LogP contribution >= 0.6 is 0 Å². The molecule has 0 fully saturated rings. The Morgan fingerprint density at radius 2 is 2.00 bits per heavy atom. The Kier molecular flexibility index (Phi) is 3.89. The van der Waals surface area contributed by atoms with E-state index in [-0.39, 0.29) is 12.2 Å². The number of Topliss-reactive ketones (excluding diaryl/α,β-unsaturated/α-hetero) is 1. The maximum absolute atomic E-state index is 11.2. The van der Waals surface area contributed by atoms with Gasteiger partial charge >= 0.3 is 5.97 Å². The lowest BCUT2D eigenvalue weighted by Gasteiger charge is -2.25. The highest BCUT2D eigenvalue weighted by atomic mass is 16.4. The Bertz CT molecular complexity index is 438. The molecule has 2 N–H and O–H groups in total. The summed E-state index contributed by atoms with van der Waals surface area (Å²) in [4.78, 5) is 21.9. The molecule has 4 heteroatoms. The van der Waals surface area contributed by atoms with E-state index in [9.17, 15) is 9.59 Å². The molecule has 4 nitrogen and oxygen atoms in total. The lowest BCUT2D eigenvalue weighted by Crippen LogP contribution is -2.33. The van der Waals surface area contributed by atoms with Crippen molar-refractivity contribution in [2.24, 2.45) is 0 Å². The molecule has 0 atom stereocenters. The summed E-state index contributed by atoms with van der Waals surface area (Å²) in [6.07, 6.45) is 0.0112. The molecule has 1 aromatic carbocycles. The van der Waals surface area contributed by atoms with Gasteiger partial charge in [-0.05, 0) is 32.9 Å². The highest BCUT2D eigenvalue weighted by Gasteiger charge is 2.21. The van der Waals surface area contributed by atoms with E-state index in [0.717, 1.165) is 5.69 Å². The van der Waals surface area contributed by atoms with Crippen molar-refractivity contribution in [3.8, 4) is 0 Å². The normalized spacial score (nSPS) is 11.0. The number of carboxylic acid groups (broad SMARTS) is 1. The van der Waals surface area contributed by atoms with Crippen LogP contribution < -0.4 is 5.32 Å². The van der Waals surface area contributed by atoms with Crippen LogP contribution in [0.15, 0.2) is 24.3 Å². The van der Waals surface area contributed by atoms with Gasteiger partial charge in [-0.3, -0.25) is 9.59 Å². The van der Waals surface area contributed by atoms with Gasteiger partial charge in [0.15, 0.2) is 5.78 Å². The fraction of sp³-hybridized carbons (Fsp3) is 0.385. The molecule has 0 heterocycles. The lowest BCUT2D eigenvalue weighted by molar-refractivity contribution is -0.137. The number of hydrogen-bond acceptors (Lipinski definition) is 3. The number of ketones is 1. The van der Waals surface area contributed by atoms with Crippen molar-refractivity contribution in [2.45, 2.75) is 32.7 Å². The zero-order valence-corrected chi connectivity index (χ0v) is 10.3. The number of anilines is 1. The largest absolute Gasteiger partial charge is 0.481 e. The maximum Gasteiger partial charge on any atom is 0.305 e. The van der Waals surface area contributed by atoms with E-state index >= 15 is 0 Å². The first-order valence-corrected chi connectivity index (χ1v) is 5.41. The molecule has 0 spiro atoms. The molecule has 1 aromatic rings. The van der Waals surface area contributed by atoms with Gasteiger partial charge in [0.25, 0.3) is 0 Å². The zero-order valence-electron chi connectivity index (χ0n) is 10.3. The predicted octanol–water partition coefficient (Wildman–Crippen LogP) is 2.55. The summed E-state index contributed by atoms with van der Waals surface area (Å²) in [6, 6.07) is 7.05. The van der Waals surface area contributed by atoms with Crippen molar-refractivity contribution in [2.75, 3.05) is 5.32 Å². The highest BCUT2D eigenvalue weighted by Crippen LogP contribution is 2.19. The molecule has 0 aromatic heterocycles. The van der Waals surface area contributed by atoms with E-state index in [4.69, 9.17) is 5.11 Å². The minimum Gasteiger partial charge on any atom is -0.481 e. The SMILES string of the molecule is CC(=O)c1cccc(NC(C)(C)CC(=O)O)c1. The van der Waals surface area contributed by atoms with Crippen molar-refractivity contribution in [3.05, 3.63) is 29.8 Å². The summed E-state index contributed by atoms with van der Waals surface area (Å²) >= 11 is 0. The second kappa shape index (κ2) is 4.99. The predicted molar refractivity (Wildman–Crippen MR) is 66.4 cm³/mol. The number of rotatable bonds is 5. The first-order valence-electron chi connectivity index (χ1n) is 5.41. The Labute approximate surface area is 101 Å². The van der Waals surface area contributed by atoms with Crippen LogP contribution in [0.3, 0.4) is 0 Å². The van der Waals surface area contributed by atoms with Gasteiger partial charge < -0.3 is 10.4 Å². The van der Waals surface area contributed by atoms with Gasteiger partial charge in [0, 0.05) is 16.8 Å². The van der Waals surface area contributed by atoms with E-state index in [1.165, 1.54) is 6.92 Å². The van der Waals surface area contributed by atoms with Crippen molar-refractivity contribution in [1.82, 2.24) is 0 Å². The second-order valence-electron chi connectivity index (χ2n) is 4.72. The minimum absolute atomic E-state index is 0.00955. The molecule has 0 unspecified atom stereocenters. The average molecular weight is 235 g/mol. The van der Waals surface area contributed by atoms with E-state index < -0.39 is 11.5 Å². The van der Waals surface area contributed by atoms with Gasteiger partial charge in [-0.1, -0.05) is 12.1 Å². The molecule has 92 valence electrons. The van der Waals surface area contributed by atoms with Crippen LogP contribution in [0.25, 0.3) is 0 Å². The van der Waals surface area contributed by atoms with Gasteiger partial charge in [-0.15, -0.1) is 0 Å². The fourth-order valence-corrected chi connectivity index (χ4v) is 1.63. The number of carbonyl (C=O) groups is 2. The summed E-state index contributed by atoms with van der Waals surface area (Å²) in [5, 5.41) is 11.9.